The minimum atomic E-state index is -0.725. The van der Waals surface area contributed by atoms with Crippen molar-refractivity contribution in [2.75, 3.05) is 88.8 Å². The fourth-order valence-electron chi connectivity index (χ4n) is 6.78. The summed E-state index contributed by atoms with van der Waals surface area (Å²) in [4.78, 5) is 3.98. The van der Waals surface area contributed by atoms with Crippen LogP contribution in [0.25, 0.3) is 0 Å². The van der Waals surface area contributed by atoms with Gasteiger partial charge in [0, 0.05) is 64.0 Å². The van der Waals surface area contributed by atoms with Gasteiger partial charge in [-0.3, -0.25) is 0 Å². The molecule has 0 aliphatic carbocycles. The molecule has 0 aliphatic heterocycles. The van der Waals surface area contributed by atoms with Crippen LogP contribution in [0.5, 0.6) is 0 Å². The maximum Gasteiger partial charge on any atom is 0.0948 e. The first-order chi connectivity index (χ1) is 27.3. The summed E-state index contributed by atoms with van der Waals surface area (Å²) in [7, 11) is 0. The van der Waals surface area contributed by atoms with Gasteiger partial charge in [0.1, 0.15) is 0 Å². The molecule has 10 nitrogen and oxygen atoms in total. The van der Waals surface area contributed by atoms with Gasteiger partial charge in [-0.05, 0) is 49.9 Å². The van der Waals surface area contributed by atoms with E-state index < -0.39 is 24.4 Å². The summed E-state index contributed by atoms with van der Waals surface area (Å²) < 4.78 is 23.3. The van der Waals surface area contributed by atoms with Crippen LogP contribution in [-0.4, -0.2) is 124 Å². The predicted octanol–water partition coefficient (Wildman–Crippen LogP) is 8.69. The summed E-state index contributed by atoms with van der Waals surface area (Å²) in [5, 5.41) is 44.0. The number of rotatable bonds is 42. The lowest BCUT2D eigenvalue weighted by molar-refractivity contribution is 0.0282. The van der Waals surface area contributed by atoms with Gasteiger partial charge in [-0.1, -0.05) is 130 Å². The van der Waals surface area contributed by atoms with Crippen molar-refractivity contribution < 1.29 is 39.4 Å². The standard InChI is InChI=1S/C46H88N2O8/c1-5-9-13-17-21-29-53-37-43(49)33-47(34-44(50)38-54-30-22-18-14-10-6-2)41-25-27-42(28-26-41)48(35-45(51)39-55-31-23-19-15-11-7-3)36-46(52)40-56-32-24-20-16-12-8-4/h25-28,43-46,49-52H,5-24,29-40H2,1-4H3. The number of anilines is 2. The van der Waals surface area contributed by atoms with Gasteiger partial charge in [0.15, 0.2) is 0 Å². The molecule has 4 unspecified atom stereocenters. The molecule has 1 aromatic rings. The second-order valence-corrected chi connectivity index (χ2v) is 15.9. The van der Waals surface area contributed by atoms with E-state index in [4.69, 9.17) is 18.9 Å². The third-order valence-electron chi connectivity index (χ3n) is 10.1. The predicted molar refractivity (Wildman–Crippen MR) is 233 cm³/mol. The number of nitrogens with zero attached hydrogens (tertiary/aromatic N) is 2. The normalized spacial score (nSPS) is 13.9. The molecule has 0 saturated carbocycles. The molecule has 0 bridgehead atoms. The Kier molecular flexibility index (Phi) is 35.4. The molecule has 4 N–H and O–H groups in total. The third kappa shape index (κ3) is 29.7. The summed E-state index contributed by atoms with van der Waals surface area (Å²) in [6, 6.07) is 7.90. The van der Waals surface area contributed by atoms with E-state index in [-0.39, 0.29) is 26.4 Å². The fourth-order valence-corrected chi connectivity index (χ4v) is 6.78. The Morgan fingerprint density at radius 3 is 0.786 bits per heavy atom. The first-order valence-corrected chi connectivity index (χ1v) is 23.0. The molecule has 0 amide bonds. The largest absolute Gasteiger partial charge is 0.389 e. The molecular weight excluding hydrogens is 709 g/mol. The molecule has 56 heavy (non-hydrogen) atoms. The minimum Gasteiger partial charge on any atom is -0.389 e. The molecule has 0 spiro atoms. The van der Waals surface area contributed by atoms with E-state index in [1.807, 2.05) is 34.1 Å². The van der Waals surface area contributed by atoms with E-state index in [0.717, 1.165) is 62.7 Å². The molecule has 0 radical (unpaired) electrons. The maximum absolute atomic E-state index is 11.0. The number of aliphatic hydroxyl groups is 4. The monoisotopic (exact) mass is 797 g/mol. The van der Waals surface area contributed by atoms with Gasteiger partial charge < -0.3 is 49.2 Å². The maximum atomic E-state index is 11.0. The summed E-state index contributed by atoms with van der Waals surface area (Å²) in [6.07, 6.45) is 20.2. The highest BCUT2D eigenvalue weighted by Gasteiger charge is 2.20. The summed E-state index contributed by atoms with van der Waals surface area (Å²) >= 11 is 0. The first-order valence-electron chi connectivity index (χ1n) is 23.0. The Labute approximate surface area is 343 Å². The van der Waals surface area contributed by atoms with Gasteiger partial charge in [0.25, 0.3) is 0 Å². The molecule has 0 saturated heterocycles. The van der Waals surface area contributed by atoms with Crippen LogP contribution in [0.15, 0.2) is 24.3 Å². The highest BCUT2D eigenvalue weighted by atomic mass is 16.5. The van der Waals surface area contributed by atoms with Crippen LogP contribution in [0.3, 0.4) is 0 Å². The van der Waals surface area contributed by atoms with Gasteiger partial charge >= 0.3 is 0 Å². The second kappa shape index (κ2) is 37.7. The van der Waals surface area contributed by atoms with Crippen molar-refractivity contribution in [2.24, 2.45) is 0 Å². The lowest BCUT2D eigenvalue weighted by atomic mass is 10.1. The van der Waals surface area contributed by atoms with Gasteiger partial charge in [-0.2, -0.15) is 0 Å². The Hall–Kier alpha value is -1.50. The Bertz CT molecular complexity index is 831. The minimum absolute atomic E-state index is 0.234. The Morgan fingerprint density at radius 2 is 0.571 bits per heavy atom. The van der Waals surface area contributed by atoms with E-state index in [2.05, 4.69) is 27.7 Å². The van der Waals surface area contributed by atoms with Crippen LogP contribution in [0.1, 0.15) is 156 Å². The lowest BCUT2D eigenvalue weighted by Gasteiger charge is -2.32. The zero-order valence-corrected chi connectivity index (χ0v) is 36.6. The summed E-state index contributed by atoms with van der Waals surface area (Å²) in [6.45, 7) is 13.5. The van der Waals surface area contributed by atoms with Gasteiger partial charge in [0.2, 0.25) is 0 Å². The van der Waals surface area contributed by atoms with Crippen molar-refractivity contribution in [2.45, 2.75) is 181 Å². The highest BCUT2D eigenvalue weighted by Crippen LogP contribution is 2.23. The number of ether oxygens (including phenoxy) is 4. The van der Waals surface area contributed by atoms with Crippen LogP contribution >= 0.6 is 0 Å². The van der Waals surface area contributed by atoms with Crippen molar-refractivity contribution in [1.82, 2.24) is 0 Å². The van der Waals surface area contributed by atoms with Crippen molar-refractivity contribution in [3.63, 3.8) is 0 Å². The van der Waals surface area contributed by atoms with E-state index in [1.165, 1.54) is 77.0 Å². The van der Waals surface area contributed by atoms with Crippen molar-refractivity contribution in [1.29, 1.82) is 0 Å². The van der Waals surface area contributed by atoms with Crippen LogP contribution in [-0.2, 0) is 18.9 Å². The van der Waals surface area contributed by atoms with E-state index in [0.29, 0.717) is 52.6 Å². The molecule has 1 rings (SSSR count). The average molecular weight is 797 g/mol. The molecule has 0 aliphatic rings. The number of hydrogen-bond donors (Lipinski definition) is 4. The molecule has 0 aromatic heterocycles. The van der Waals surface area contributed by atoms with E-state index in [9.17, 15) is 20.4 Å². The zero-order valence-electron chi connectivity index (χ0n) is 36.6. The van der Waals surface area contributed by atoms with Crippen LogP contribution in [0.2, 0.25) is 0 Å². The van der Waals surface area contributed by atoms with Crippen molar-refractivity contribution in [3.8, 4) is 0 Å². The van der Waals surface area contributed by atoms with Crippen LogP contribution in [0, 0.1) is 0 Å². The Balaban J connectivity index is 2.96. The van der Waals surface area contributed by atoms with Gasteiger partial charge in [-0.15, -0.1) is 0 Å². The summed E-state index contributed by atoms with van der Waals surface area (Å²) in [5.41, 5.74) is 1.70. The number of unbranched alkanes of at least 4 members (excludes halogenated alkanes) is 16. The molecule has 1 aromatic carbocycles. The molecule has 330 valence electrons. The number of benzene rings is 1. The average Bonchev–Trinajstić information content (AvgIpc) is 3.19. The number of hydrogen-bond acceptors (Lipinski definition) is 10. The fraction of sp³-hybridized carbons (Fsp3) is 0.870. The smallest absolute Gasteiger partial charge is 0.0948 e. The third-order valence-corrected chi connectivity index (χ3v) is 10.1. The van der Waals surface area contributed by atoms with Crippen molar-refractivity contribution in [3.05, 3.63) is 24.3 Å². The summed E-state index contributed by atoms with van der Waals surface area (Å²) in [5.74, 6) is 0. The molecular formula is C46H88N2O8. The quantitative estimate of drug-likeness (QED) is 0.0478. The Morgan fingerprint density at radius 1 is 0.357 bits per heavy atom. The van der Waals surface area contributed by atoms with E-state index in [1.54, 1.807) is 0 Å². The highest BCUT2D eigenvalue weighted by molar-refractivity contribution is 5.57. The topological polar surface area (TPSA) is 124 Å². The van der Waals surface area contributed by atoms with Crippen LogP contribution in [0.4, 0.5) is 11.4 Å². The molecule has 0 fully saturated rings. The zero-order chi connectivity index (χ0) is 40.9. The number of aliphatic hydroxyl groups excluding tert-OH is 4. The van der Waals surface area contributed by atoms with Crippen molar-refractivity contribution >= 4 is 11.4 Å². The van der Waals surface area contributed by atoms with E-state index >= 15 is 0 Å². The first kappa shape index (κ1) is 52.5. The van der Waals surface area contributed by atoms with Crippen LogP contribution < -0.4 is 9.80 Å². The SMILES string of the molecule is CCCCCCCOCC(O)CN(CC(O)COCCCCCCC)c1ccc(N(CC(O)COCCCCCCC)CC(O)COCCCCCCC)cc1. The lowest BCUT2D eigenvalue weighted by Crippen LogP contribution is -2.42. The molecule has 0 heterocycles. The molecule has 10 heteroatoms. The van der Waals surface area contributed by atoms with Gasteiger partial charge in [0.05, 0.1) is 50.8 Å². The molecule has 4 atom stereocenters. The van der Waals surface area contributed by atoms with Gasteiger partial charge in [-0.25, -0.2) is 0 Å². The second-order valence-electron chi connectivity index (χ2n) is 15.9.